The van der Waals surface area contributed by atoms with Crippen molar-refractivity contribution in [2.24, 2.45) is 5.92 Å². The summed E-state index contributed by atoms with van der Waals surface area (Å²) in [4.78, 5) is 23.9. The molecule has 0 saturated heterocycles. The van der Waals surface area contributed by atoms with Crippen LogP contribution in [0.2, 0.25) is 10.0 Å². The molecule has 0 radical (unpaired) electrons. The van der Waals surface area contributed by atoms with Crippen molar-refractivity contribution >= 4 is 52.3 Å². The topological polar surface area (TPSA) is 70.0 Å². The molecule has 7 heteroatoms. The van der Waals surface area contributed by atoms with Crippen LogP contribution in [0, 0.1) is 17.2 Å². The molecule has 2 atom stereocenters. The van der Waals surface area contributed by atoms with E-state index >= 15 is 0 Å². The van der Waals surface area contributed by atoms with Gasteiger partial charge in [-0.15, -0.1) is 0 Å². The maximum Gasteiger partial charge on any atom is 0.249 e. The highest BCUT2D eigenvalue weighted by Gasteiger charge is 2.30. The van der Waals surface area contributed by atoms with Crippen molar-refractivity contribution in [2.75, 3.05) is 11.6 Å². The average Bonchev–Trinajstić information content (AvgIpc) is 2.37. The number of hydrogen-bond acceptors (Lipinski definition) is 4. The number of thioether (sulfide) groups is 1. The molecular formula is C13H12Cl2N2O2S. The Balaban J connectivity index is 2.88. The van der Waals surface area contributed by atoms with Crippen molar-refractivity contribution in [3.63, 3.8) is 0 Å². The van der Waals surface area contributed by atoms with Crippen molar-refractivity contribution in [2.45, 2.75) is 12.2 Å². The van der Waals surface area contributed by atoms with E-state index < -0.39 is 22.9 Å². The predicted octanol–water partition coefficient (Wildman–Crippen LogP) is 3.39. The number of amides is 1. The van der Waals surface area contributed by atoms with Gasteiger partial charge in [0.1, 0.15) is 0 Å². The molecule has 0 saturated carbocycles. The van der Waals surface area contributed by atoms with E-state index in [1.807, 2.05) is 0 Å². The van der Waals surface area contributed by atoms with E-state index in [-0.39, 0.29) is 0 Å². The minimum Gasteiger partial charge on any atom is -0.324 e. The Labute approximate surface area is 131 Å². The second-order valence-electron chi connectivity index (χ2n) is 3.99. The first kappa shape index (κ1) is 16.8. The highest BCUT2D eigenvalue weighted by atomic mass is 35.5. The molecule has 0 fully saturated rings. The highest BCUT2D eigenvalue weighted by molar-refractivity contribution is 7.99. The van der Waals surface area contributed by atoms with Crippen LogP contribution in [0.3, 0.4) is 0 Å². The summed E-state index contributed by atoms with van der Waals surface area (Å²) < 4.78 is 0. The van der Waals surface area contributed by atoms with Crippen LogP contribution in [0.15, 0.2) is 18.2 Å². The minimum absolute atomic E-state index is 0.345. The third kappa shape index (κ3) is 4.41. The largest absolute Gasteiger partial charge is 0.324 e. The molecule has 1 amide bonds. The number of anilines is 1. The number of nitrogens with one attached hydrogen (secondary N) is 1. The zero-order chi connectivity index (χ0) is 15.3. The molecule has 1 N–H and O–H groups in total. The summed E-state index contributed by atoms with van der Waals surface area (Å²) in [5.41, 5.74) is 0.345. The number of Topliss-reactive ketones (excluding diaryl/α,β-unsaturated/α-hetero) is 1. The highest BCUT2D eigenvalue weighted by Crippen LogP contribution is 2.23. The standard InChI is InChI=1S/C13H12Cl2N2O2S/c1-7(20-2)12(18)11(6-16)13(19)17-10-4-8(14)3-9(15)5-10/h3-5,7,11H,1-2H3,(H,17,19). The molecule has 20 heavy (non-hydrogen) atoms. The van der Waals surface area contributed by atoms with Crippen LogP contribution in [-0.4, -0.2) is 23.2 Å². The lowest BCUT2D eigenvalue weighted by Crippen LogP contribution is -2.33. The average molecular weight is 331 g/mol. The number of ketones is 1. The number of carbonyl (C=O) groups excluding carboxylic acids is 2. The van der Waals surface area contributed by atoms with Gasteiger partial charge in [0.05, 0.1) is 11.3 Å². The van der Waals surface area contributed by atoms with Gasteiger partial charge in [-0.2, -0.15) is 17.0 Å². The molecule has 1 aromatic rings. The number of nitrogens with zero attached hydrogens (tertiary/aromatic N) is 1. The molecule has 0 aliphatic carbocycles. The first-order valence-corrected chi connectivity index (χ1v) is 7.66. The summed E-state index contributed by atoms with van der Waals surface area (Å²) in [6, 6.07) is 6.22. The second-order valence-corrected chi connectivity index (χ2v) is 6.04. The molecular weight excluding hydrogens is 319 g/mol. The maximum atomic E-state index is 12.0. The molecule has 2 unspecified atom stereocenters. The van der Waals surface area contributed by atoms with Crippen molar-refractivity contribution in [3.8, 4) is 6.07 Å². The first-order valence-electron chi connectivity index (χ1n) is 5.62. The molecule has 0 aliphatic heterocycles. The Bertz CT molecular complexity index is 552. The summed E-state index contributed by atoms with van der Waals surface area (Å²) in [5, 5.41) is 11.8. The normalized spacial score (nSPS) is 13.2. The number of halogens is 2. The number of rotatable bonds is 5. The van der Waals surface area contributed by atoms with Crippen LogP contribution in [0.1, 0.15) is 6.92 Å². The van der Waals surface area contributed by atoms with E-state index in [1.165, 1.54) is 30.0 Å². The van der Waals surface area contributed by atoms with E-state index in [2.05, 4.69) is 5.32 Å². The van der Waals surface area contributed by atoms with E-state index in [0.717, 1.165) is 0 Å². The van der Waals surface area contributed by atoms with Crippen LogP contribution in [0.25, 0.3) is 0 Å². The van der Waals surface area contributed by atoms with E-state index in [1.54, 1.807) is 19.2 Å². The van der Waals surface area contributed by atoms with Gasteiger partial charge >= 0.3 is 0 Å². The SMILES string of the molecule is CSC(C)C(=O)C(C#N)C(=O)Nc1cc(Cl)cc(Cl)c1. The maximum absolute atomic E-state index is 12.0. The quantitative estimate of drug-likeness (QED) is 0.840. The van der Waals surface area contributed by atoms with E-state index in [0.29, 0.717) is 15.7 Å². The summed E-state index contributed by atoms with van der Waals surface area (Å²) in [7, 11) is 0. The van der Waals surface area contributed by atoms with Gasteiger partial charge in [0.15, 0.2) is 11.7 Å². The lowest BCUT2D eigenvalue weighted by molar-refractivity contribution is -0.128. The summed E-state index contributed by atoms with van der Waals surface area (Å²) in [6.07, 6.45) is 1.74. The Kier molecular flexibility index (Phi) is 6.34. The summed E-state index contributed by atoms with van der Waals surface area (Å²) in [5.74, 6) is -2.46. The number of benzene rings is 1. The van der Waals surface area contributed by atoms with Gasteiger partial charge in [-0.25, -0.2) is 0 Å². The minimum atomic E-state index is -1.35. The van der Waals surface area contributed by atoms with E-state index in [4.69, 9.17) is 28.5 Å². The monoisotopic (exact) mass is 330 g/mol. The zero-order valence-corrected chi connectivity index (χ0v) is 13.1. The number of hydrogen-bond donors (Lipinski definition) is 1. The van der Waals surface area contributed by atoms with Gasteiger partial charge in [-0.3, -0.25) is 9.59 Å². The van der Waals surface area contributed by atoms with Gasteiger partial charge in [-0.1, -0.05) is 23.2 Å². The molecule has 0 aromatic heterocycles. The van der Waals surface area contributed by atoms with Gasteiger partial charge in [0.25, 0.3) is 0 Å². The molecule has 0 spiro atoms. The van der Waals surface area contributed by atoms with Gasteiger partial charge in [0, 0.05) is 15.7 Å². The van der Waals surface area contributed by atoms with Crippen molar-refractivity contribution in [1.82, 2.24) is 0 Å². The lowest BCUT2D eigenvalue weighted by Gasteiger charge is -2.13. The summed E-state index contributed by atoms with van der Waals surface area (Å²) >= 11 is 12.9. The Morgan fingerprint density at radius 1 is 1.30 bits per heavy atom. The third-order valence-corrected chi connectivity index (χ3v) is 3.94. The van der Waals surface area contributed by atoms with Gasteiger partial charge < -0.3 is 5.32 Å². The number of carbonyl (C=O) groups is 2. The summed E-state index contributed by atoms with van der Waals surface area (Å²) in [6.45, 7) is 1.65. The fourth-order valence-corrected chi connectivity index (χ4v) is 2.34. The predicted molar refractivity (Wildman–Crippen MR) is 82.2 cm³/mol. The molecule has 0 aliphatic rings. The van der Waals surface area contributed by atoms with Crippen molar-refractivity contribution < 1.29 is 9.59 Å². The Morgan fingerprint density at radius 2 is 1.85 bits per heavy atom. The van der Waals surface area contributed by atoms with Gasteiger partial charge in [0.2, 0.25) is 5.91 Å². The fourth-order valence-electron chi connectivity index (χ4n) is 1.44. The van der Waals surface area contributed by atoms with Gasteiger partial charge in [-0.05, 0) is 31.4 Å². The molecule has 106 valence electrons. The first-order chi connectivity index (χ1) is 9.38. The van der Waals surface area contributed by atoms with Crippen LogP contribution < -0.4 is 5.32 Å². The van der Waals surface area contributed by atoms with Crippen molar-refractivity contribution in [3.05, 3.63) is 28.2 Å². The molecule has 0 heterocycles. The molecule has 1 aromatic carbocycles. The zero-order valence-electron chi connectivity index (χ0n) is 10.8. The Morgan fingerprint density at radius 3 is 2.30 bits per heavy atom. The van der Waals surface area contributed by atoms with Crippen molar-refractivity contribution in [1.29, 1.82) is 5.26 Å². The third-order valence-electron chi connectivity index (χ3n) is 2.56. The van der Waals surface area contributed by atoms with Crippen LogP contribution in [-0.2, 0) is 9.59 Å². The number of nitriles is 1. The van der Waals surface area contributed by atoms with E-state index in [9.17, 15) is 9.59 Å². The smallest absolute Gasteiger partial charge is 0.249 e. The molecule has 4 nitrogen and oxygen atoms in total. The van der Waals surface area contributed by atoms with Crippen LogP contribution in [0.4, 0.5) is 5.69 Å². The molecule has 1 rings (SSSR count). The Hall–Kier alpha value is -1.22. The van der Waals surface area contributed by atoms with Crippen LogP contribution >= 0.6 is 35.0 Å². The molecule has 0 bridgehead atoms. The second kappa shape index (κ2) is 7.53. The lowest BCUT2D eigenvalue weighted by atomic mass is 10.0. The fraction of sp³-hybridized carbons (Fsp3) is 0.308. The van der Waals surface area contributed by atoms with Crippen LogP contribution in [0.5, 0.6) is 0 Å².